The molecule has 0 fully saturated rings. The Balaban J connectivity index is 2.41. The second-order valence-corrected chi connectivity index (χ2v) is 4.56. The Labute approximate surface area is 109 Å². The zero-order chi connectivity index (χ0) is 13.3. The van der Waals surface area contributed by atoms with Crippen molar-refractivity contribution in [2.24, 2.45) is 5.73 Å². The molecule has 0 saturated heterocycles. The molecule has 2 rings (SSSR count). The minimum Gasteiger partial charge on any atom is -0.320 e. The molecule has 94 valence electrons. The molecule has 4 heteroatoms. The third kappa shape index (κ3) is 2.52. The smallest absolute Gasteiger partial charge is 0.126 e. The fraction of sp³-hybridized carbons (Fsp3) is 0.143. The first kappa shape index (κ1) is 13.0. The lowest BCUT2D eigenvalue weighted by Crippen LogP contribution is -2.13. The lowest BCUT2D eigenvalue weighted by molar-refractivity contribution is 0.613. The maximum Gasteiger partial charge on any atom is 0.126 e. The molecular formula is C14H12ClF2N. The minimum atomic E-state index is -0.576. The topological polar surface area (TPSA) is 26.0 Å². The maximum absolute atomic E-state index is 13.5. The monoisotopic (exact) mass is 267 g/mol. The fourth-order valence-electron chi connectivity index (χ4n) is 1.74. The van der Waals surface area contributed by atoms with Crippen LogP contribution in [0, 0.1) is 18.6 Å². The van der Waals surface area contributed by atoms with Crippen LogP contribution in [-0.4, -0.2) is 0 Å². The Morgan fingerprint density at radius 3 is 2.44 bits per heavy atom. The molecule has 18 heavy (non-hydrogen) atoms. The van der Waals surface area contributed by atoms with E-state index in [9.17, 15) is 8.78 Å². The van der Waals surface area contributed by atoms with Crippen LogP contribution in [0.2, 0.25) is 5.02 Å². The largest absolute Gasteiger partial charge is 0.320 e. The summed E-state index contributed by atoms with van der Waals surface area (Å²) in [5.41, 5.74) is 7.74. The summed E-state index contributed by atoms with van der Waals surface area (Å²) in [5, 5.41) is 0.239. The standard InChI is InChI=1S/C14H12ClF2N/c1-8-2-3-9(6-13(8)17)14(18)11-5-4-10(16)7-12(11)15/h2-7,14H,18H2,1H3. The van der Waals surface area contributed by atoms with Gasteiger partial charge in [-0.3, -0.25) is 0 Å². The number of aryl methyl sites for hydroxylation is 1. The van der Waals surface area contributed by atoms with E-state index in [1.165, 1.54) is 24.3 Å². The van der Waals surface area contributed by atoms with E-state index < -0.39 is 11.9 Å². The van der Waals surface area contributed by atoms with Crippen molar-refractivity contribution in [3.05, 3.63) is 69.7 Å². The molecule has 0 bridgehead atoms. The van der Waals surface area contributed by atoms with Crippen molar-refractivity contribution in [1.82, 2.24) is 0 Å². The Bertz CT molecular complexity index is 584. The van der Waals surface area contributed by atoms with E-state index in [1.54, 1.807) is 19.1 Å². The van der Waals surface area contributed by atoms with Crippen LogP contribution in [0.1, 0.15) is 22.7 Å². The molecule has 1 unspecified atom stereocenters. The van der Waals surface area contributed by atoms with E-state index in [2.05, 4.69) is 0 Å². The van der Waals surface area contributed by atoms with Gasteiger partial charge in [0.05, 0.1) is 6.04 Å². The summed E-state index contributed by atoms with van der Waals surface area (Å²) in [7, 11) is 0. The van der Waals surface area contributed by atoms with E-state index in [0.29, 0.717) is 16.7 Å². The van der Waals surface area contributed by atoms with Crippen LogP contribution in [0.4, 0.5) is 8.78 Å². The fourth-order valence-corrected chi connectivity index (χ4v) is 2.02. The van der Waals surface area contributed by atoms with Gasteiger partial charge in [-0.2, -0.15) is 0 Å². The Morgan fingerprint density at radius 2 is 1.83 bits per heavy atom. The zero-order valence-corrected chi connectivity index (χ0v) is 10.5. The van der Waals surface area contributed by atoms with E-state index in [4.69, 9.17) is 17.3 Å². The van der Waals surface area contributed by atoms with Gasteiger partial charge >= 0.3 is 0 Å². The van der Waals surface area contributed by atoms with Gasteiger partial charge < -0.3 is 5.73 Å². The summed E-state index contributed by atoms with van der Waals surface area (Å²) in [5.74, 6) is -0.743. The molecule has 0 saturated carbocycles. The summed E-state index contributed by atoms with van der Waals surface area (Å²) < 4.78 is 26.4. The highest BCUT2D eigenvalue weighted by Crippen LogP contribution is 2.27. The van der Waals surface area contributed by atoms with E-state index >= 15 is 0 Å². The summed E-state index contributed by atoms with van der Waals surface area (Å²) in [4.78, 5) is 0. The van der Waals surface area contributed by atoms with Gasteiger partial charge in [0.2, 0.25) is 0 Å². The van der Waals surface area contributed by atoms with Crippen molar-refractivity contribution in [3.63, 3.8) is 0 Å². The average Bonchev–Trinajstić information content (AvgIpc) is 2.32. The first-order chi connectivity index (χ1) is 8.49. The van der Waals surface area contributed by atoms with Crippen LogP contribution in [0.15, 0.2) is 36.4 Å². The molecule has 0 aromatic heterocycles. The van der Waals surface area contributed by atoms with Crippen LogP contribution >= 0.6 is 11.6 Å². The molecule has 2 N–H and O–H groups in total. The molecule has 0 amide bonds. The van der Waals surface area contributed by atoms with Gasteiger partial charge in [-0.25, -0.2) is 8.78 Å². The number of hydrogen-bond acceptors (Lipinski definition) is 1. The molecule has 0 spiro atoms. The van der Waals surface area contributed by atoms with Crippen molar-refractivity contribution in [3.8, 4) is 0 Å². The highest BCUT2D eigenvalue weighted by atomic mass is 35.5. The normalized spacial score (nSPS) is 12.5. The maximum atomic E-state index is 13.5. The zero-order valence-electron chi connectivity index (χ0n) is 9.75. The number of nitrogens with two attached hydrogens (primary N) is 1. The van der Waals surface area contributed by atoms with Crippen molar-refractivity contribution in [2.45, 2.75) is 13.0 Å². The van der Waals surface area contributed by atoms with Gasteiger partial charge in [0, 0.05) is 5.02 Å². The number of rotatable bonds is 2. The highest BCUT2D eigenvalue weighted by molar-refractivity contribution is 6.31. The highest BCUT2D eigenvalue weighted by Gasteiger charge is 2.14. The average molecular weight is 268 g/mol. The van der Waals surface area contributed by atoms with Crippen LogP contribution in [0.5, 0.6) is 0 Å². The van der Waals surface area contributed by atoms with Gasteiger partial charge in [-0.1, -0.05) is 29.8 Å². The SMILES string of the molecule is Cc1ccc(C(N)c2ccc(F)cc2Cl)cc1F. The summed E-state index contributed by atoms with van der Waals surface area (Å²) in [6, 6.07) is 8.19. The van der Waals surface area contributed by atoms with Crippen molar-refractivity contribution in [1.29, 1.82) is 0 Å². The minimum absolute atomic E-state index is 0.239. The molecule has 2 aromatic rings. The summed E-state index contributed by atoms with van der Waals surface area (Å²) in [6.07, 6.45) is 0. The van der Waals surface area contributed by atoms with Crippen molar-refractivity contribution >= 4 is 11.6 Å². The van der Waals surface area contributed by atoms with Gasteiger partial charge in [-0.05, 0) is 41.8 Å². The predicted octanol–water partition coefficient (Wildman–Crippen LogP) is 3.97. The molecular weight excluding hydrogens is 256 g/mol. The van der Waals surface area contributed by atoms with Crippen LogP contribution in [-0.2, 0) is 0 Å². The Hall–Kier alpha value is -1.45. The molecule has 0 heterocycles. The van der Waals surface area contributed by atoms with Gasteiger partial charge in [0.25, 0.3) is 0 Å². The van der Waals surface area contributed by atoms with E-state index in [1.807, 2.05) is 0 Å². The molecule has 2 aromatic carbocycles. The number of hydrogen-bond donors (Lipinski definition) is 1. The molecule has 0 aliphatic heterocycles. The molecule has 0 radical (unpaired) electrons. The third-order valence-electron chi connectivity index (χ3n) is 2.85. The first-order valence-corrected chi connectivity index (χ1v) is 5.83. The lowest BCUT2D eigenvalue weighted by Gasteiger charge is -2.15. The van der Waals surface area contributed by atoms with Crippen LogP contribution in [0.25, 0.3) is 0 Å². The second-order valence-electron chi connectivity index (χ2n) is 4.15. The third-order valence-corrected chi connectivity index (χ3v) is 3.18. The second kappa shape index (κ2) is 5.04. The molecule has 1 nitrogen and oxygen atoms in total. The quantitative estimate of drug-likeness (QED) is 0.875. The Kier molecular flexibility index (Phi) is 3.64. The lowest BCUT2D eigenvalue weighted by atomic mass is 9.98. The number of benzene rings is 2. The van der Waals surface area contributed by atoms with E-state index in [-0.39, 0.29) is 10.8 Å². The van der Waals surface area contributed by atoms with Gasteiger partial charge in [0.1, 0.15) is 11.6 Å². The number of halogens is 3. The molecule has 0 aliphatic rings. The van der Waals surface area contributed by atoms with Gasteiger partial charge in [0.15, 0.2) is 0 Å². The summed E-state index contributed by atoms with van der Waals surface area (Å²) >= 11 is 5.93. The van der Waals surface area contributed by atoms with Crippen molar-refractivity contribution < 1.29 is 8.78 Å². The predicted molar refractivity (Wildman–Crippen MR) is 68.6 cm³/mol. The van der Waals surface area contributed by atoms with Crippen LogP contribution in [0.3, 0.4) is 0 Å². The summed E-state index contributed by atoms with van der Waals surface area (Å²) in [6.45, 7) is 1.68. The molecule has 1 atom stereocenters. The molecule has 0 aliphatic carbocycles. The first-order valence-electron chi connectivity index (χ1n) is 5.45. The van der Waals surface area contributed by atoms with E-state index in [0.717, 1.165) is 0 Å². The van der Waals surface area contributed by atoms with Crippen LogP contribution < -0.4 is 5.73 Å². The van der Waals surface area contributed by atoms with Gasteiger partial charge in [-0.15, -0.1) is 0 Å². The Morgan fingerprint density at radius 1 is 1.11 bits per heavy atom. The van der Waals surface area contributed by atoms with Crippen molar-refractivity contribution in [2.75, 3.05) is 0 Å².